The van der Waals surface area contributed by atoms with E-state index in [0.717, 1.165) is 27.7 Å². The molecular formula is C63H104N5O46-. The van der Waals surface area contributed by atoms with Gasteiger partial charge >= 0.3 is 0 Å². The van der Waals surface area contributed by atoms with Gasteiger partial charge in [-0.15, -0.1) is 0 Å². The van der Waals surface area contributed by atoms with Crippen molar-refractivity contribution < 1.29 is 227 Å². The molecule has 51 heteroatoms. The Balaban J connectivity index is 1.05. The van der Waals surface area contributed by atoms with Crippen molar-refractivity contribution in [3.05, 3.63) is 0 Å². The molecule has 28 N–H and O–H groups in total. The predicted octanol–water partition coefficient (Wildman–Crippen LogP) is -20.9. The maximum Gasteiger partial charge on any atom is 0.217 e. The van der Waals surface area contributed by atoms with E-state index in [0.29, 0.717) is 0 Å². The second kappa shape index (κ2) is 42.0. The molecule has 42 atom stereocenters. The van der Waals surface area contributed by atoms with E-state index in [1.807, 2.05) is 0 Å². The van der Waals surface area contributed by atoms with E-state index in [9.17, 15) is 151 Å². The first kappa shape index (κ1) is 94.7. The molecule has 658 valence electrons. The van der Waals surface area contributed by atoms with Gasteiger partial charge in [-0.05, 0) is 0 Å². The summed E-state index contributed by atoms with van der Waals surface area (Å²) in [5.74, 6) is -9.14. The van der Waals surface area contributed by atoms with E-state index in [2.05, 4.69) is 26.6 Å². The lowest BCUT2D eigenvalue weighted by atomic mass is 9.88. The molecule has 0 spiro atoms. The van der Waals surface area contributed by atoms with Crippen molar-refractivity contribution in [1.82, 2.24) is 26.6 Å². The maximum absolute atomic E-state index is 13.1. The lowest BCUT2D eigenvalue weighted by molar-refractivity contribution is -0.394. The molecule has 0 radical (unpaired) electrons. The summed E-state index contributed by atoms with van der Waals surface area (Å²) in [5, 5.41) is 279. The van der Waals surface area contributed by atoms with Crippen molar-refractivity contribution >= 4 is 36.0 Å². The number of rotatable bonds is 35. The van der Waals surface area contributed by atoms with Crippen LogP contribution in [0, 0.1) is 0 Å². The van der Waals surface area contributed by atoms with Gasteiger partial charge in [0.25, 0.3) is 0 Å². The van der Waals surface area contributed by atoms with Crippen LogP contribution in [0.4, 0.5) is 0 Å². The molecule has 0 aromatic heterocycles. The van der Waals surface area contributed by atoms with Crippen molar-refractivity contribution in [2.24, 2.45) is 0 Å². The number of hydrogen-bond acceptors (Lipinski definition) is 46. The molecule has 8 rings (SSSR count). The molecular weight excluding hydrogens is 1560 g/mol. The van der Waals surface area contributed by atoms with Gasteiger partial charge in [0, 0.05) is 34.1 Å². The van der Waals surface area contributed by atoms with Crippen LogP contribution in [-0.4, -0.2) is 477 Å². The van der Waals surface area contributed by atoms with Crippen LogP contribution in [0.3, 0.4) is 0 Å². The van der Waals surface area contributed by atoms with Crippen LogP contribution in [0.1, 0.15) is 34.1 Å². The highest BCUT2D eigenvalue weighted by Gasteiger charge is 2.61. The quantitative estimate of drug-likeness (QED) is 0.0262. The monoisotopic (exact) mass is 1670 g/mol. The van der Waals surface area contributed by atoms with Crippen molar-refractivity contribution in [1.29, 1.82) is 0 Å². The summed E-state index contributed by atoms with van der Waals surface area (Å²) in [7, 11) is 0. The van der Waals surface area contributed by atoms with Gasteiger partial charge in [-0.3, -0.25) is 24.0 Å². The fourth-order valence-electron chi connectivity index (χ4n) is 14.2. The third-order valence-corrected chi connectivity index (χ3v) is 20.2. The van der Waals surface area contributed by atoms with Gasteiger partial charge in [-0.25, -0.2) is 0 Å². The fraction of sp³-hybridized carbons (Fsp3) is 0.905. The van der Waals surface area contributed by atoms with Crippen LogP contribution in [-0.2, 0) is 105 Å². The molecule has 0 aromatic rings. The van der Waals surface area contributed by atoms with E-state index in [-0.39, 0.29) is 6.41 Å². The Morgan fingerprint density at radius 2 is 0.789 bits per heavy atom. The topological polar surface area (TPSA) is 799 Å². The first-order valence-corrected chi connectivity index (χ1v) is 35.9. The Morgan fingerprint density at radius 3 is 1.24 bits per heavy atom. The number of aliphatic hydroxyl groups is 23. The summed E-state index contributed by atoms with van der Waals surface area (Å²) in [6.45, 7) is -6.36. The van der Waals surface area contributed by atoms with Crippen LogP contribution < -0.4 is 31.7 Å². The van der Waals surface area contributed by atoms with E-state index in [1.54, 1.807) is 0 Å². The number of hydrogen-bond donors (Lipinski definition) is 28. The van der Waals surface area contributed by atoms with Crippen LogP contribution in [0.25, 0.3) is 0 Å². The number of ether oxygens (including phenoxy) is 16. The van der Waals surface area contributed by atoms with Crippen LogP contribution in [0.5, 0.6) is 0 Å². The smallest absolute Gasteiger partial charge is 0.217 e. The molecule has 0 unspecified atom stereocenters. The zero-order chi connectivity index (χ0) is 84.4. The minimum Gasteiger partial charge on any atom is -0.544 e. The van der Waals surface area contributed by atoms with Gasteiger partial charge in [-0.2, -0.15) is 0 Å². The van der Waals surface area contributed by atoms with E-state index in [1.165, 1.54) is 0 Å². The Hall–Kier alpha value is -4.74. The van der Waals surface area contributed by atoms with Crippen molar-refractivity contribution in [3.63, 3.8) is 0 Å². The van der Waals surface area contributed by atoms with E-state index >= 15 is 0 Å². The van der Waals surface area contributed by atoms with Crippen LogP contribution in [0.2, 0.25) is 0 Å². The van der Waals surface area contributed by atoms with Crippen LogP contribution >= 0.6 is 0 Å². The molecule has 8 saturated heterocycles. The summed E-state index contributed by atoms with van der Waals surface area (Å²) < 4.78 is 93.3. The van der Waals surface area contributed by atoms with E-state index < -0.39 is 359 Å². The third kappa shape index (κ3) is 21.7. The van der Waals surface area contributed by atoms with E-state index in [4.69, 9.17) is 75.8 Å². The molecule has 114 heavy (non-hydrogen) atoms. The van der Waals surface area contributed by atoms with Crippen molar-refractivity contribution in [3.8, 4) is 0 Å². The number of carboxylic acids is 1. The standard InChI is InChI=1S/C63H105N5O46/c1-17(77)65-31-22(81)5-63(62(97)98,114-52(31)35(83)23(82)7-70)101-15-30-37(85)43(91)45(93)59(108-30)109-49-26(10-73)104-57(33(41(49)89)67-19(3)79)113-54-39(87)29(14-100-55-32(66-18(2)78)40(88)36(84)24(8-71)102-55)107-61(48(54)96)110-50-27(11-74)105-56(34(42(50)90)68-20(4)80)112-53-38(86)25(9-72)103-60(47(53)95)111-51-28(12-75)106-58(46(94)44(51)92)99-13-21(6-69)64-16-76/h16,21-61,69-75,81-96H,5-15H2,1-4H3,(H,64,76)(H,65,77)(H,66,78)(H,67,79)(H,68,80)(H,97,98)/p-1/t21-,22+,23-,24-,25-,26-,27-,28-,29-,30-,31-,32-,33-,34-,35-,36-,37+,38+,39+,40-,41-,42-,43+,44-,45-,46-,47-,48-,49-,50-,51-,52-,53+,54+,55-,56+,57+,58-,59+,60+,61+,63-/m1/s1. The minimum absolute atomic E-state index is 0.245. The number of carbonyl (C=O) groups is 6. The molecule has 5 amide bonds. The lowest BCUT2D eigenvalue weighted by Gasteiger charge is -2.51. The Kier molecular flexibility index (Phi) is 34.9. The predicted molar refractivity (Wildman–Crippen MR) is 349 cm³/mol. The molecule has 0 saturated carbocycles. The number of aliphatic hydroxyl groups excluding tert-OH is 23. The second-order valence-corrected chi connectivity index (χ2v) is 28.3. The molecule has 8 aliphatic rings. The highest BCUT2D eigenvalue weighted by Crippen LogP contribution is 2.40. The van der Waals surface area contributed by atoms with Crippen molar-refractivity contribution in [2.75, 3.05) is 66.1 Å². The summed E-state index contributed by atoms with van der Waals surface area (Å²) in [4.78, 5) is 74.5. The maximum atomic E-state index is 13.1. The number of carboxylic acid groups (broad SMARTS) is 1. The minimum atomic E-state index is -3.18. The molecule has 0 bridgehead atoms. The third-order valence-electron chi connectivity index (χ3n) is 20.2. The summed E-state index contributed by atoms with van der Waals surface area (Å²) in [6.07, 6.45) is -76.7. The zero-order valence-electron chi connectivity index (χ0n) is 61.2. The summed E-state index contributed by atoms with van der Waals surface area (Å²) >= 11 is 0. The molecule has 0 aliphatic carbocycles. The SMILES string of the molecule is CC(=O)N[C@H]1[C@H](O[C@H]2[C@@H](O)[C@@H](CO[C@@H]3O[C@H](CO)[C@@H](O)[C@H](O)[C@H]3NC(C)=O)O[C@@H](O[C@H]3[C@H](O)[C@@H](NC(C)=O)[C@H](O[C@H]4[C@@H](O)[C@@H](CO)O[C@@H](O[C@H]5[C@H](O)[C@@H](O)[C@H](OC[C@@H](CO)NC=O)O[C@@H]5CO)[C@@H]4O)O[C@@H]3CO)[C@@H]2O)O[C@H](CO)[C@@H](O[C@@H]2O[C@H](CO[C@]3(C(=O)[O-])C[C@H](O)[C@@H](NC(C)=O)[C@H]([C@H](O)[C@H](O)CO)O3)[C@H](O)[C@H](O)[C@H]2O)[C@@H]1O. The zero-order valence-corrected chi connectivity index (χ0v) is 61.2. The van der Waals surface area contributed by atoms with Gasteiger partial charge in [0.15, 0.2) is 44.0 Å². The lowest BCUT2D eigenvalue weighted by Crippen LogP contribution is -2.71. The van der Waals surface area contributed by atoms with Crippen molar-refractivity contribution in [2.45, 2.75) is 291 Å². The summed E-state index contributed by atoms with van der Waals surface area (Å²) in [5.41, 5.74) is 0. The van der Waals surface area contributed by atoms with Gasteiger partial charge in [0.2, 0.25) is 35.8 Å². The van der Waals surface area contributed by atoms with Gasteiger partial charge in [-0.1, -0.05) is 0 Å². The Labute approximate surface area is 645 Å². The molecule has 51 nitrogen and oxygen atoms in total. The Morgan fingerprint density at radius 1 is 0.412 bits per heavy atom. The molecule has 0 aromatic carbocycles. The first-order valence-electron chi connectivity index (χ1n) is 35.9. The molecule has 8 heterocycles. The highest BCUT2D eigenvalue weighted by molar-refractivity contribution is 5.75. The number of nitrogens with one attached hydrogen (secondary N) is 5. The van der Waals surface area contributed by atoms with Crippen LogP contribution in [0.15, 0.2) is 0 Å². The number of carbonyl (C=O) groups excluding carboxylic acids is 6. The fourth-order valence-corrected chi connectivity index (χ4v) is 14.2. The number of aliphatic carboxylic acids is 1. The average Bonchev–Trinajstić information content (AvgIpc) is 0.786. The average molecular weight is 1670 g/mol. The number of amides is 5. The van der Waals surface area contributed by atoms with Gasteiger partial charge < -0.3 is 230 Å². The molecule has 8 aliphatic heterocycles. The van der Waals surface area contributed by atoms with Gasteiger partial charge in [0.05, 0.1) is 84.3 Å². The Bertz CT molecular complexity index is 3060. The normalized spacial score (nSPS) is 44.9. The van der Waals surface area contributed by atoms with Gasteiger partial charge in [0.1, 0.15) is 195 Å². The second-order valence-electron chi connectivity index (χ2n) is 28.3. The molecule has 8 fully saturated rings. The highest BCUT2D eigenvalue weighted by atomic mass is 16.8. The summed E-state index contributed by atoms with van der Waals surface area (Å²) in [6, 6.07) is -8.44. The first-order chi connectivity index (χ1) is 53.9. The largest absolute Gasteiger partial charge is 0.544 e.